The fraction of sp³-hybridized carbons (Fsp3) is 0.419. The van der Waals surface area contributed by atoms with Gasteiger partial charge in [0.1, 0.15) is 18.1 Å². The highest BCUT2D eigenvalue weighted by molar-refractivity contribution is 7.90. The van der Waals surface area contributed by atoms with Crippen molar-refractivity contribution in [3.05, 3.63) is 69.9 Å². The first-order chi connectivity index (χ1) is 20.8. The quantitative estimate of drug-likeness (QED) is 0.253. The number of hydrogen-bond acceptors (Lipinski definition) is 9. The average molecular weight is 647 g/mol. The van der Waals surface area contributed by atoms with Crippen LogP contribution in [-0.4, -0.2) is 79.2 Å². The Hall–Kier alpha value is -3.74. The van der Waals surface area contributed by atoms with Crippen molar-refractivity contribution in [3.8, 4) is 5.88 Å². The van der Waals surface area contributed by atoms with E-state index in [4.69, 9.17) is 21.2 Å². The van der Waals surface area contributed by atoms with Gasteiger partial charge in [0.2, 0.25) is 11.8 Å². The van der Waals surface area contributed by atoms with Gasteiger partial charge in [-0.05, 0) is 56.0 Å². The summed E-state index contributed by atoms with van der Waals surface area (Å²) in [7, 11) is -0.365. The molecule has 1 atom stereocenters. The van der Waals surface area contributed by atoms with Gasteiger partial charge in [-0.3, -0.25) is 9.59 Å². The van der Waals surface area contributed by atoms with E-state index in [1.54, 1.807) is 18.9 Å². The van der Waals surface area contributed by atoms with Crippen molar-refractivity contribution in [2.24, 2.45) is 12.2 Å². The largest absolute Gasteiger partial charge is 0.493 e. The summed E-state index contributed by atoms with van der Waals surface area (Å²) in [4.78, 5) is 31.8. The number of anilines is 1. The maximum Gasteiger partial charge on any atom is 0.242 e. The van der Waals surface area contributed by atoms with Gasteiger partial charge in [-0.1, -0.05) is 30.3 Å². The fourth-order valence-electron chi connectivity index (χ4n) is 5.14. The number of nitrogens with zero attached hydrogens (tertiary/aromatic N) is 4. The molecule has 13 heteroatoms. The normalized spacial score (nSPS) is 13.4. The molecule has 11 nitrogen and oxygen atoms in total. The number of methoxy groups -OCH3 is 1. The van der Waals surface area contributed by atoms with Crippen LogP contribution in [0.3, 0.4) is 0 Å². The Bertz CT molecular complexity index is 1670. The summed E-state index contributed by atoms with van der Waals surface area (Å²) in [6.45, 7) is 8.58. The highest BCUT2D eigenvalue weighted by Gasteiger charge is 2.28. The van der Waals surface area contributed by atoms with Gasteiger partial charge in [0.05, 0.1) is 35.1 Å². The van der Waals surface area contributed by atoms with E-state index in [0.717, 1.165) is 29.5 Å². The molecular weight excluding hydrogens is 608 g/mol. The molecule has 0 aliphatic carbocycles. The molecule has 1 N–H and O–H groups in total. The third-order valence-electron chi connectivity index (χ3n) is 7.29. The monoisotopic (exact) mass is 646 g/mol. The number of para-hydroxylation sites is 1. The van der Waals surface area contributed by atoms with E-state index in [1.807, 2.05) is 26.0 Å². The summed E-state index contributed by atoms with van der Waals surface area (Å²) < 4.78 is 30.6. The molecule has 1 unspecified atom stereocenters. The summed E-state index contributed by atoms with van der Waals surface area (Å²) in [6.07, 6.45) is 3.72. The molecule has 0 saturated heterocycles. The van der Waals surface area contributed by atoms with Crippen LogP contribution in [0.1, 0.15) is 58.4 Å². The number of carbonyl (C=O) groups excluding carboxylic acids is 2. The molecule has 0 bridgehead atoms. The molecule has 0 fully saturated rings. The lowest BCUT2D eigenvalue weighted by atomic mass is 9.93. The Morgan fingerprint density at radius 1 is 1.20 bits per heavy atom. The van der Waals surface area contributed by atoms with Crippen molar-refractivity contribution in [2.45, 2.75) is 51.5 Å². The number of rotatable bonds is 10. The number of halogens is 1. The number of benzene rings is 2. The van der Waals surface area contributed by atoms with Gasteiger partial charge < -0.3 is 19.6 Å². The molecule has 0 saturated carbocycles. The predicted octanol–water partition coefficient (Wildman–Crippen LogP) is 4.36. The number of amides is 1. The van der Waals surface area contributed by atoms with E-state index >= 15 is 0 Å². The van der Waals surface area contributed by atoms with Crippen molar-refractivity contribution in [3.63, 3.8) is 0 Å². The first-order valence-corrected chi connectivity index (χ1v) is 16.4. The zero-order chi connectivity index (χ0) is 32.8. The van der Waals surface area contributed by atoms with Crippen molar-refractivity contribution in [2.75, 3.05) is 37.4 Å². The van der Waals surface area contributed by atoms with E-state index in [0.29, 0.717) is 36.5 Å². The minimum atomic E-state index is -3.52. The van der Waals surface area contributed by atoms with E-state index < -0.39 is 15.6 Å². The minimum absolute atomic E-state index is 0.0223. The lowest BCUT2D eigenvalue weighted by molar-refractivity contribution is -0.116. The summed E-state index contributed by atoms with van der Waals surface area (Å²) in [5, 5.41) is 17.7. The number of sulfone groups is 1. The maximum atomic E-state index is 12.8. The maximum absolute atomic E-state index is 12.8. The Labute approximate surface area is 263 Å². The van der Waals surface area contributed by atoms with E-state index in [1.165, 1.54) is 30.1 Å². The highest BCUT2D eigenvalue weighted by atomic mass is 35.5. The second-order valence-corrected chi connectivity index (χ2v) is 12.7. The minimum Gasteiger partial charge on any atom is -0.493 e. The van der Waals surface area contributed by atoms with Crippen molar-refractivity contribution in [1.29, 1.82) is 0 Å². The number of aryl methyl sites for hydroxylation is 3. The second-order valence-electron chi connectivity index (χ2n) is 10.5. The van der Waals surface area contributed by atoms with E-state index in [-0.39, 0.29) is 39.7 Å². The van der Waals surface area contributed by atoms with Crippen LogP contribution >= 0.6 is 11.6 Å². The van der Waals surface area contributed by atoms with Crippen LogP contribution in [-0.2, 0) is 37.7 Å². The number of carbonyl (C=O) groups is 2. The van der Waals surface area contributed by atoms with Crippen LogP contribution in [0.5, 0.6) is 5.88 Å². The van der Waals surface area contributed by atoms with E-state index in [9.17, 15) is 23.1 Å². The van der Waals surface area contributed by atoms with Crippen LogP contribution in [0.2, 0.25) is 0 Å². The van der Waals surface area contributed by atoms with Crippen LogP contribution in [0.4, 0.5) is 5.69 Å². The molecule has 238 valence electrons. The number of oxime groups is 1. The van der Waals surface area contributed by atoms with Gasteiger partial charge >= 0.3 is 0 Å². The molecule has 0 spiro atoms. The zero-order valence-corrected chi connectivity index (χ0v) is 27.6. The Morgan fingerprint density at radius 3 is 2.43 bits per heavy atom. The van der Waals surface area contributed by atoms with Crippen molar-refractivity contribution in [1.82, 2.24) is 9.78 Å². The molecule has 0 radical (unpaired) electrons. The van der Waals surface area contributed by atoms with Gasteiger partial charge in [-0.2, -0.15) is 5.10 Å². The smallest absolute Gasteiger partial charge is 0.242 e. The fourth-order valence-corrected chi connectivity index (χ4v) is 6.23. The van der Waals surface area contributed by atoms with Crippen LogP contribution in [0.25, 0.3) is 0 Å². The van der Waals surface area contributed by atoms with Gasteiger partial charge in [-0.15, -0.1) is 11.6 Å². The van der Waals surface area contributed by atoms with Gasteiger partial charge in [0.25, 0.3) is 0 Å². The molecule has 2 aromatic carbocycles. The van der Waals surface area contributed by atoms with Crippen LogP contribution < -0.4 is 4.90 Å². The zero-order valence-electron chi connectivity index (χ0n) is 26.0. The second kappa shape index (κ2) is 14.8. The molecule has 44 heavy (non-hydrogen) atoms. The molecule has 3 aromatic rings. The summed E-state index contributed by atoms with van der Waals surface area (Å²) in [6, 6.07) is 8.88. The summed E-state index contributed by atoms with van der Waals surface area (Å²) >= 11 is 5.76. The van der Waals surface area contributed by atoms with Gasteiger partial charge in [0, 0.05) is 38.0 Å². The first kappa shape index (κ1) is 34.7. The van der Waals surface area contributed by atoms with Gasteiger partial charge in [0.15, 0.2) is 15.6 Å². The Kier molecular flexibility index (Phi) is 11.7. The Balaban J connectivity index is 0.000000251. The lowest BCUT2D eigenvalue weighted by Crippen LogP contribution is -2.43. The SMILES string of the molecule is CCc1cccc(C)c1N(C(=O)CCl)C(C)COC.Cc1c(C(=O)c2cnn(C)c2O)ccc(S(C)(=O)=O)c1C1=NOCC1. The number of alkyl halides is 1. The molecule has 1 aliphatic heterocycles. The summed E-state index contributed by atoms with van der Waals surface area (Å²) in [5.41, 5.74) is 4.88. The average Bonchev–Trinajstić information content (AvgIpc) is 3.63. The molecular formula is C31H39ClN4O7S. The molecule has 1 amide bonds. The van der Waals surface area contributed by atoms with E-state index in [2.05, 4.69) is 23.2 Å². The number of aromatic hydroxyl groups is 1. The number of aromatic nitrogens is 2. The van der Waals surface area contributed by atoms with Crippen LogP contribution in [0.15, 0.2) is 46.6 Å². The number of hydrogen-bond donors (Lipinski definition) is 1. The Morgan fingerprint density at radius 2 is 1.91 bits per heavy atom. The predicted molar refractivity (Wildman–Crippen MR) is 170 cm³/mol. The number of ether oxygens (including phenoxy) is 1. The first-order valence-electron chi connectivity index (χ1n) is 14.0. The number of ketones is 1. The van der Waals surface area contributed by atoms with Crippen molar-refractivity contribution >= 4 is 44.5 Å². The molecule has 4 rings (SSSR count). The standard InChI is InChI=1S/C16H17N3O5S.C15H22ClNO2/c1-9-10(15(20)11-8-17-19(2)16(11)21)4-5-13(25(3,22)23)14(9)12-6-7-24-18-12;1-5-13-8-6-7-11(2)15(13)17(14(18)9-16)12(3)10-19-4/h4-5,8,21H,6-7H2,1-3H3;6-8,12H,5,9-10H2,1-4H3. The highest BCUT2D eigenvalue weighted by Crippen LogP contribution is 2.30. The molecule has 1 aliphatic rings. The van der Waals surface area contributed by atoms with Crippen molar-refractivity contribution < 1.29 is 32.7 Å². The molecule has 1 aromatic heterocycles. The third kappa shape index (κ3) is 7.48. The van der Waals surface area contributed by atoms with Gasteiger partial charge in [-0.25, -0.2) is 13.1 Å². The molecule has 2 heterocycles. The lowest BCUT2D eigenvalue weighted by Gasteiger charge is -2.31. The third-order valence-corrected chi connectivity index (χ3v) is 8.66. The topological polar surface area (TPSA) is 140 Å². The van der Waals surface area contributed by atoms with Crippen LogP contribution in [0, 0.1) is 13.8 Å². The summed E-state index contributed by atoms with van der Waals surface area (Å²) in [5.74, 6) is -0.801.